The molecule has 5 nitrogen and oxygen atoms in total. The molecule has 0 saturated heterocycles. The quantitative estimate of drug-likeness (QED) is 0.484. The third-order valence-electron chi connectivity index (χ3n) is 5.45. The van der Waals surface area contributed by atoms with Gasteiger partial charge in [0.2, 0.25) is 0 Å². The fraction of sp³-hybridized carbons (Fsp3) is 0.292. The van der Waals surface area contributed by atoms with E-state index in [4.69, 9.17) is 11.6 Å². The Bertz CT molecular complexity index is 1110. The zero-order chi connectivity index (χ0) is 21.6. The number of hydrogen-bond donors (Lipinski definition) is 2. The van der Waals surface area contributed by atoms with Gasteiger partial charge in [0.15, 0.2) is 0 Å². The van der Waals surface area contributed by atoms with Gasteiger partial charge in [-0.3, -0.25) is 0 Å². The van der Waals surface area contributed by atoms with Crippen molar-refractivity contribution in [2.45, 2.75) is 44.7 Å². The first-order chi connectivity index (χ1) is 15.1. The Morgan fingerprint density at radius 3 is 2.74 bits per heavy atom. The molecule has 0 radical (unpaired) electrons. The zero-order valence-corrected chi connectivity index (χ0v) is 17.8. The number of aromatic nitrogens is 2. The van der Waals surface area contributed by atoms with Crippen molar-refractivity contribution in [2.75, 3.05) is 10.6 Å². The van der Waals surface area contributed by atoms with Crippen molar-refractivity contribution >= 4 is 23.2 Å². The van der Waals surface area contributed by atoms with E-state index in [1.165, 1.54) is 31.4 Å². The van der Waals surface area contributed by atoms with Gasteiger partial charge in [-0.2, -0.15) is 5.26 Å². The van der Waals surface area contributed by atoms with Gasteiger partial charge in [0.1, 0.15) is 23.5 Å². The molecular formula is C24H23ClFN5. The van der Waals surface area contributed by atoms with E-state index < -0.39 is 0 Å². The zero-order valence-electron chi connectivity index (χ0n) is 17.0. The molecule has 2 heterocycles. The van der Waals surface area contributed by atoms with Gasteiger partial charge in [0, 0.05) is 24.3 Å². The average molecular weight is 436 g/mol. The van der Waals surface area contributed by atoms with Crippen LogP contribution in [0.5, 0.6) is 0 Å². The highest BCUT2D eigenvalue weighted by Gasteiger charge is 2.16. The van der Waals surface area contributed by atoms with Crippen LogP contribution in [-0.4, -0.2) is 16.0 Å². The van der Waals surface area contributed by atoms with Crippen molar-refractivity contribution in [3.63, 3.8) is 0 Å². The lowest BCUT2D eigenvalue weighted by molar-refractivity contribution is 0.462. The molecule has 0 spiro atoms. The normalized spacial score (nSPS) is 14.1. The summed E-state index contributed by atoms with van der Waals surface area (Å²) in [6.45, 7) is 0.349. The van der Waals surface area contributed by atoms with E-state index in [9.17, 15) is 9.65 Å². The topological polar surface area (TPSA) is 73.6 Å². The maximum absolute atomic E-state index is 13.5. The first-order valence-electron chi connectivity index (χ1n) is 10.4. The van der Waals surface area contributed by atoms with E-state index >= 15 is 0 Å². The van der Waals surface area contributed by atoms with Crippen LogP contribution < -0.4 is 10.6 Å². The van der Waals surface area contributed by atoms with Gasteiger partial charge in [-0.05, 0) is 48.7 Å². The van der Waals surface area contributed by atoms with E-state index in [2.05, 4.69) is 26.7 Å². The summed E-state index contributed by atoms with van der Waals surface area (Å²) in [6, 6.07) is 14.3. The molecule has 1 saturated carbocycles. The van der Waals surface area contributed by atoms with Crippen LogP contribution in [0.1, 0.15) is 43.2 Å². The first kappa shape index (κ1) is 21.1. The maximum Gasteiger partial charge on any atom is 0.144 e. The molecule has 1 aromatic carbocycles. The summed E-state index contributed by atoms with van der Waals surface area (Å²) in [5, 5.41) is 16.6. The van der Waals surface area contributed by atoms with Crippen LogP contribution in [0.4, 0.5) is 16.0 Å². The minimum absolute atomic E-state index is 0.303. The Morgan fingerprint density at radius 1 is 1.13 bits per heavy atom. The second kappa shape index (κ2) is 9.76. The Hall–Kier alpha value is -3.17. The lowest BCUT2D eigenvalue weighted by Crippen LogP contribution is -2.22. The summed E-state index contributed by atoms with van der Waals surface area (Å²) in [6.07, 6.45) is 7.66. The van der Waals surface area contributed by atoms with Crippen LogP contribution in [0.15, 0.2) is 48.7 Å². The van der Waals surface area contributed by atoms with Crippen molar-refractivity contribution in [1.29, 1.82) is 5.26 Å². The van der Waals surface area contributed by atoms with E-state index in [1.807, 2.05) is 12.1 Å². The van der Waals surface area contributed by atoms with Crippen molar-refractivity contribution in [3.05, 3.63) is 70.6 Å². The summed E-state index contributed by atoms with van der Waals surface area (Å²) in [7, 11) is 0. The number of hydrogen-bond acceptors (Lipinski definition) is 5. The van der Waals surface area contributed by atoms with Crippen LogP contribution in [0.3, 0.4) is 0 Å². The fourth-order valence-electron chi connectivity index (χ4n) is 3.84. The van der Waals surface area contributed by atoms with Gasteiger partial charge >= 0.3 is 0 Å². The number of pyridine rings is 2. The summed E-state index contributed by atoms with van der Waals surface area (Å²) >= 11 is 6.43. The van der Waals surface area contributed by atoms with Crippen molar-refractivity contribution in [3.8, 4) is 17.3 Å². The van der Waals surface area contributed by atoms with Crippen LogP contribution in [-0.2, 0) is 6.54 Å². The molecule has 158 valence electrons. The minimum atomic E-state index is -0.303. The standard InChI is InChI=1S/C24H23ClFN5/c25-21-15-28-23(30-19-7-2-1-3-8-19)12-20(21)22-10-9-17(13-27)24(31-22)29-14-16-5-4-6-18(26)11-16/h4-6,9-12,15,19H,1-3,7-8,14H2,(H,28,30)(H,29,31). The summed E-state index contributed by atoms with van der Waals surface area (Å²) in [4.78, 5) is 9.06. The number of anilines is 2. The van der Waals surface area contributed by atoms with Crippen LogP contribution >= 0.6 is 11.6 Å². The molecular weight excluding hydrogens is 413 g/mol. The molecule has 1 aliphatic carbocycles. The van der Waals surface area contributed by atoms with Gasteiger partial charge in [0.25, 0.3) is 0 Å². The van der Waals surface area contributed by atoms with Gasteiger partial charge in [-0.25, -0.2) is 14.4 Å². The molecule has 31 heavy (non-hydrogen) atoms. The molecule has 0 bridgehead atoms. The molecule has 2 N–H and O–H groups in total. The van der Waals surface area contributed by atoms with Crippen LogP contribution in [0, 0.1) is 17.1 Å². The van der Waals surface area contributed by atoms with Gasteiger partial charge in [-0.15, -0.1) is 0 Å². The Morgan fingerprint density at radius 2 is 1.97 bits per heavy atom. The third kappa shape index (κ3) is 5.31. The number of nitrogens with one attached hydrogen (secondary N) is 2. The molecule has 0 unspecified atom stereocenters. The molecule has 3 aromatic rings. The number of rotatable bonds is 6. The third-order valence-corrected chi connectivity index (χ3v) is 5.75. The second-order valence-electron chi connectivity index (χ2n) is 7.72. The highest BCUT2D eigenvalue weighted by Crippen LogP contribution is 2.31. The van der Waals surface area contributed by atoms with Crippen molar-refractivity contribution in [1.82, 2.24) is 9.97 Å². The molecule has 7 heteroatoms. The molecule has 1 fully saturated rings. The van der Waals surface area contributed by atoms with E-state index in [1.54, 1.807) is 24.4 Å². The second-order valence-corrected chi connectivity index (χ2v) is 8.12. The monoisotopic (exact) mass is 435 g/mol. The first-order valence-corrected chi connectivity index (χ1v) is 10.8. The van der Waals surface area contributed by atoms with Gasteiger partial charge < -0.3 is 10.6 Å². The Kier molecular flexibility index (Phi) is 6.63. The molecule has 0 atom stereocenters. The highest BCUT2D eigenvalue weighted by molar-refractivity contribution is 6.33. The number of halogens is 2. The SMILES string of the molecule is N#Cc1ccc(-c2cc(NC3CCCCC3)ncc2Cl)nc1NCc1cccc(F)c1. The number of nitriles is 1. The van der Waals surface area contributed by atoms with E-state index in [0.29, 0.717) is 34.7 Å². The van der Waals surface area contributed by atoms with Crippen molar-refractivity contribution < 1.29 is 4.39 Å². The Balaban J connectivity index is 1.58. The summed E-state index contributed by atoms with van der Waals surface area (Å²) in [5.41, 5.74) is 2.55. The van der Waals surface area contributed by atoms with Gasteiger partial charge in [-0.1, -0.05) is 43.0 Å². The maximum atomic E-state index is 13.5. The predicted octanol–water partition coefficient (Wildman–Crippen LogP) is 6.16. The largest absolute Gasteiger partial charge is 0.367 e. The molecule has 0 aliphatic heterocycles. The van der Waals surface area contributed by atoms with Crippen LogP contribution in [0.2, 0.25) is 5.02 Å². The molecule has 1 aliphatic rings. The van der Waals surface area contributed by atoms with Crippen LogP contribution in [0.25, 0.3) is 11.3 Å². The van der Waals surface area contributed by atoms with E-state index in [-0.39, 0.29) is 5.82 Å². The smallest absolute Gasteiger partial charge is 0.144 e. The summed E-state index contributed by atoms with van der Waals surface area (Å²) < 4.78 is 13.5. The Labute approximate surface area is 186 Å². The lowest BCUT2D eigenvalue weighted by atomic mass is 9.95. The summed E-state index contributed by atoms with van der Waals surface area (Å²) in [5.74, 6) is 0.897. The predicted molar refractivity (Wildman–Crippen MR) is 121 cm³/mol. The molecule has 2 aromatic heterocycles. The van der Waals surface area contributed by atoms with Gasteiger partial charge in [0.05, 0.1) is 16.3 Å². The molecule has 0 amide bonds. The lowest BCUT2D eigenvalue weighted by Gasteiger charge is -2.23. The number of nitrogens with zero attached hydrogens (tertiary/aromatic N) is 3. The minimum Gasteiger partial charge on any atom is -0.367 e. The molecule has 4 rings (SSSR count). The average Bonchev–Trinajstić information content (AvgIpc) is 2.79. The fourth-order valence-corrected chi connectivity index (χ4v) is 4.04. The number of benzene rings is 1. The highest BCUT2D eigenvalue weighted by atomic mass is 35.5. The van der Waals surface area contributed by atoms with E-state index in [0.717, 1.165) is 29.8 Å². The van der Waals surface area contributed by atoms with Crippen molar-refractivity contribution in [2.24, 2.45) is 0 Å².